The lowest BCUT2D eigenvalue weighted by Crippen LogP contribution is -2.28. The second kappa shape index (κ2) is 9.75. The molecular formula is C25H29N7OS2. The summed E-state index contributed by atoms with van der Waals surface area (Å²) in [5, 5.41) is 4.35. The fourth-order valence-corrected chi connectivity index (χ4v) is 7.09. The van der Waals surface area contributed by atoms with Crippen LogP contribution in [0.15, 0.2) is 56.2 Å². The van der Waals surface area contributed by atoms with Gasteiger partial charge in [0.1, 0.15) is 12.1 Å². The van der Waals surface area contributed by atoms with Crippen molar-refractivity contribution in [3.8, 4) is 11.3 Å². The van der Waals surface area contributed by atoms with Crippen LogP contribution >= 0.6 is 23.5 Å². The van der Waals surface area contributed by atoms with Gasteiger partial charge in [0.15, 0.2) is 22.1 Å². The Bertz CT molecular complexity index is 1330. The lowest BCUT2D eigenvalue weighted by atomic mass is 9.95. The summed E-state index contributed by atoms with van der Waals surface area (Å²) in [5.74, 6) is 3.07. The highest BCUT2D eigenvalue weighted by Gasteiger charge is 2.23. The van der Waals surface area contributed by atoms with E-state index in [2.05, 4.69) is 43.9 Å². The standard InChI is InChI=1S/C25H29N7OS2/c1-31-10-12-34-21-13-17(19-3-2-11-33-19)20(14-18(21)31)35-25-30-22-23(26)28-15-29-24(22)32(25)9-6-16-4-7-27-8-5-16/h2-3,11,13-16,27H,4-10,12H2,1H3,(H2,26,28,29). The van der Waals surface area contributed by atoms with Crippen LogP contribution < -0.4 is 16.0 Å². The van der Waals surface area contributed by atoms with Crippen LogP contribution in [0.1, 0.15) is 19.3 Å². The Morgan fingerprint density at radius 3 is 2.97 bits per heavy atom. The Labute approximate surface area is 213 Å². The number of aromatic nitrogens is 4. The SMILES string of the molecule is CN1CCSc2cc(-c3ccco3)c(Sc3nc4c(N)ncnc4n3CCC3CCNCC3)cc21. The van der Waals surface area contributed by atoms with Crippen molar-refractivity contribution in [1.82, 2.24) is 24.8 Å². The molecule has 0 saturated carbocycles. The van der Waals surface area contributed by atoms with Gasteiger partial charge in [0.25, 0.3) is 0 Å². The molecule has 35 heavy (non-hydrogen) atoms. The number of nitrogens with zero attached hydrogens (tertiary/aromatic N) is 5. The van der Waals surface area contributed by atoms with E-state index >= 15 is 0 Å². The van der Waals surface area contributed by atoms with E-state index in [1.54, 1.807) is 18.0 Å². The zero-order valence-corrected chi connectivity index (χ0v) is 21.4. The maximum atomic E-state index is 6.22. The van der Waals surface area contributed by atoms with Crippen LogP contribution in [-0.4, -0.2) is 52.0 Å². The van der Waals surface area contributed by atoms with Gasteiger partial charge in [0.05, 0.1) is 12.0 Å². The Hall–Kier alpha value is -2.69. The number of hydrogen-bond acceptors (Lipinski definition) is 9. The highest BCUT2D eigenvalue weighted by molar-refractivity contribution is 8.00. The molecule has 4 aromatic rings. The van der Waals surface area contributed by atoms with E-state index in [4.69, 9.17) is 15.1 Å². The first-order valence-corrected chi connectivity index (χ1v) is 13.9. The summed E-state index contributed by atoms with van der Waals surface area (Å²) in [6, 6.07) is 8.49. The first kappa shape index (κ1) is 22.8. The Kier molecular flexibility index (Phi) is 6.34. The van der Waals surface area contributed by atoms with Crippen molar-refractivity contribution < 1.29 is 4.42 Å². The van der Waals surface area contributed by atoms with Crippen molar-refractivity contribution >= 4 is 46.2 Å². The first-order valence-electron chi connectivity index (χ1n) is 12.1. The number of rotatable bonds is 6. The molecule has 3 N–H and O–H groups in total. The fraction of sp³-hybridized carbons (Fsp3) is 0.400. The molecule has 1 fully saturated rings. The van der Waals surface area contributed by atoms with Crippen molar-refractivity contribution in [3.05, 3.63) is 36.9 Å². The number of thioether (sulfide) groups is 1. The number of imidazole rings is 1. The number of nitrogens with one attached hydrogen (secondary N) is 1. The molecular weight excluding hydrogens is 478 g/mol. The molecule has 0 radical (unpaired) electrons. The maximum Gasteiger partial charge on any atom is 0.175 e. The van der Waals surface area contributed by atoms with Crippen LogP contribution in [0.5, 0.6) is 0 Å². The minimum atomic E-state index is 0.422. The number of furan rings is 1. The average Bonchev–Trinajstić information content (AvgIpc) is 3.53. The quantitative estimate of drug-likeness (QED) is 0.383. The lowest BCUT2D eigenvalue weighted by Gasteiger charge is -2.28. The van der Waals surface area contributed by atoms with Gasteiger partial charge >= 0.3 is 0 Å². The van der Waals surface area contributed by atoms with Crippen LogP contribution in [0.2, 0.25) is 0 Å². The van der Waals surface area contributed by atoms with Crippen LogP contribution in [0.3, 0.4) is 0 Å². The lowest BCUT2D eigenvalue weighted by molar-refractivity contribution is 0.335. The van der Waals surface area contributed by atoms with E-state index in [-0.39, 0.29) is 0 Å². The van der Waals surface area contributed by atoms with E-state index in [9.17, 15) is 0 Å². The molecule has 8 nitrogen and oxygen atoms in total. The zero-order chi connectivity index (χ0) is 23.8. The van der Waals surface area contributed by atoms with E-state index in [0.29, 0.717) is 17.3 Å². The van der Waals surface area contributed by atoms with Gasteiger partial charge in [-0.15, -0.1) is 11.8 Å². The number of benzene rings is 1. The van der Waals surface area contributed by atoms with Crippen LogP contribution in [0.25, 0.3) is 22.5 Å². The highest BCUT2D eigenvalue weighted by Crippen LogP contribution is 2.45. The monoisotopic (exact) mass is 507 g/mol. The molecule has 3 aromatic heterocycles. The molecule has 182 valence electrons. The predicted molar refractivity (Wildman–Crippen MR) is 142 cm³/mol. The topological polar surface area (TPSA) is 98.0 Å². The number of piperidine rings is 1. The molecule has 5 heterocycles. The summed E-state index contributed by atoms with van der Waals surface area (Å²) in [6.07, 6.45) is 6.79. The van der Waals surface area contributed by atoms with E-state index in [1.807, 2.05) is 23.9 Å². The van der Waals surface area contributed by atoms with Gasteiger partial charge < -0.3 is 24.9 Å². The van der Waals surface area contributed by atoms with E-state index in [1.165, 1.54) is 29.8 Å². The molecule has 0 unspecified atom stereocenters. The van der Waals surface area contributed by atoms with Crippen molar-refractivity contribution in [2.24, 2.45) is 5.92 Å². The molecule has 0 amide bonds. The van der Waals surface area contributed by atoms with Crippen LogP contribution in [-0.2, 0) is 6.54 Å². The first-order chi connectivity index (χ1) is 17.2. The van der Waals surface area contributed by atoms with Gasteiger partial charge in [0.2, 0.25) is 0 Å². The summed E-state index contributed by atoms with van der Waals surface area (Å²) in [5.41, 5.74) is 10.0. The minimum absolute atomic E-state index is 0.422. The molecule has 1 saturated heterocycles. The normalized spacial score (nSPS) is 16.7. The number of nitrogen functional groups attached to an aromatic ring is 1. The molecule has 0 aliphatic carbocycles. The smallest absolute Gasteiger partial charge is 0.175 e. The summed E-state index contributed by atoms with van der Waals surface area (Å²) < 4.78 is 8.07. The second-order valence-corrected chi connectivity index (χ2v) is 11.3. The van der Waals surface area contributed by atoms with Gasteiger partial charge in [-0.3, -0.25) is 0 Å². The zero-order valence-electron chi connectivity index (χ0n) is 19.7. The van der Waals surface area contributed by atoms with E-state index in [0.717, 1.165) is 65.4 Å². The molecule has 2 aliphatic heterocycles. The number of nitrogens with two attached hydrogens (primary N) is 1. The Morgan fingerprint density at radius 1 is 1.26 bits per heavy atom. The average molecular weight is 508 g/mol. The third-order valence-corrected chi connectivity index (χ3v) is 8.97. The maximum absolute atomic E-state index is 6.22. The van der Waals surface area contributed by atoms with Crippen LogP contribution in [0.4, 0.5) is 11.5 Å². The molecule has 2 aliphatic rings. The molecule has 0 atom stereocenters. The van der Waals surface area contributed by atoms with Crippen molar-refractivity contribution in [2.45, 2.75) is 40.8 Å². The summed E-state index contributed by atoms with van der Waals surface area (Å²) in [6.45, 7) is 4.08. The molecule has 10 heteroatoms. The van der Waals surface area contributed by atoms with Gasteiger partial charge in [-0.25, -0.2) is 15.0 Å². The van der Waals surface area contributed by atoms with Gasteiger partial charge in [-0.2, -0.15) is 0 Å². The van der Waals surface area contributed by atoms with Crippen LogP contribution in [0, 0.1) is 5.92 Å². The summed E-state index contributed by atoms with van der Waals surface area (Å²) in [7, 11) is 2.16. The number of aryl methyl sites for hydroxylation is 1. The summed E-state index contributed by atoms with van der Waals surface area (Å²) >= 11 is 3.55. The molecule has 6 rings (SSSR count). The van der Waals surface area contributed by atoms with Gasteiger partial charge in [-0.1, -0.05) is 11.8 Å². The minimum Gasteiger partial charge on any atom is -0.464 e. The fourth-order valence-electron chi connectivity index (χ4n) is 4.88. The molecule has 1 aromatic carbocycles. The molecule has 0 spiro atoms. The number of anilines is 2. The largest absolute Gasteiger partial charge is 0.464 e. The third kappa shape index (κ3) is 4.50. The van der Waals surface area contributed by atoms with Crippen molar-refractivity contribution in [1.29, 1.82) is 0 Å². The highest BCUT2D eigenvalue weighted by atomic mass is 32.2. The van der Waals surface area contributed by atoms with Crippen molar-refractivity contribution in [3.63, 3.8) is 0 Å². The number of hydrogen-bond donors (Lipinski definition) is 2. The van der Waals surface area contributed by atoms with Gasteiger partial charge in [0, 0.05) is 41.2 Å². The third-order valence-electron chi connectivity index (χ3n) is 6.89. The second-order valence-electron chi connectivity index (χ2n) is 9.12. The number of fused-ring (bicyclic) bond motifs is 2. The van der Waals surface area contributed by atoms with Crippen molar-refractivity contribution in [2.75, 3.05) is 43.1 Å². The Balaban J connectivity index is 1.41. The predicted octanol–water partition coefficient (Wildman–Crippen LogP) is 4.75. The Morgan fingerprint density at radius 2 is 2.14 bits per heavy atom. The van der Waals surface area contributed by atoms with E-state index < -0.39 is 0 Å². The van der Waals surface area contributed by atoms with Gasteiger partial charge in [-0.05, 0) is 62.5 Å². The summed E-state index contributed by atoms with van der Waals surface area (Å²) in [4.78, 5) is 18.4. The molecule has 0 bridgehead atoms.